The van der Waals surface area contributed by atoms with Crippen LogP contribution in [0.3, 0.4) is 0 Å². The maximum absolute atomic E-state index is 13.5. The van der Waals surface area contributed by atoms with Crippen molar-refractivity contribution in [2.75, 3.05) is 5.32 Å². The van der Waals surface area contributed by atoms with Gasteiger partial charge in [-0.2, -0.15) is 5.10 Å². The van der Waals surface area contributed by atoms with Crippen molar-refractivity contribution in [2.24, 2.45) is 0 Å². The predicted molar refractivity (Wildman–Crippen MR) is 153 cm³/mol. The highest BCUT2D eigenvalue weighted by Gasteiger charge is 2.13. The van der Waals surface area contributed by atoms with E-state index >= 15 is 0 Å². The van der Waals surface area contributed by atoms with Gasteiger partial charge in [-0.3, -0.25) is 10.1 Å². The van der Waals surface area contributed by atoms with Crippen molar-refractivity contribution in [2.45, 2.75) is 10.1 Å². The van der Waals surface area contributed by atoms with Gasteiger partial charge in [-0.15, -0.1) is 10.2 Å². The van der Waals surface area contributed by atoms with Crippen LogP contribution in [0.2, 0.25) is 10.0 Å². The Labute approximate surface area is 236 Å². The first-order valence-corrected chi connectivity index (χ1v) is 13.8. The Morgan fingerprint density at radius 2 is 1.84 bits per heavy atom. The second kappa shape index (κ2) is 11.9. The Morgan fingerprint density at radius 1 is 1.05 bits per heavy atom. The minimum atomic E-state index is -0.365. The van der Waals surface area contributed by atoms with Crippen molar-refractivity contribution >= 4 is 63.4 Å². The maximum atomic E-state index is 13.5. The van der Waals surface area contributed by atoms with Crippen LogP contribution in [0, 0.1) is 5.82 Å². The molecule has 5 rings (SSSR count). The van der Waals surface area contributed by atoms with E-state index in [4.69, 9.17) is 23.2 Å². The molecular formula is C27H18Cl2FN5OS2. The number of hydrogen-bond donors (Lipinski definition) is 1. The molecule has 1 amide bonds. The van der Waals surface area contributed by atoms with E-state index in [1.165, 1.54) is 41.3 Å². The van der Waals surface area contributed by atoms with E-state index in [-0.39, 0.29) is 11.7 Å². The third-order valence-corrected chi connectivity index (χ3v) is 7.91. The molecule has 0 radical (unpaired) electrons. The highest BCUT2D eigenvalue weighted by atomic mass is 35.5. The summed E-state index contributed by atoms with van der Waals surface area (Å²) >= 11 is 14.9. The van der Waals surface area contributed by atoms with Gasteiger partial charge >= 0.3 is 0 Å². The van der Waals surface area contributed by atoms with Gasteiger partial charge in [0.15, 0.2) is 4.34 Å². The average Bonchev–Trinajstić information content (AvgIpc) is 3.55. The fourth-order valence-corrected chi connectivity index (χ4v) is 5.78. The molecule has 3 aromatic carbocycles. The summed E-state index contributed by atoms with van der Waals surface area (Å²) < 4.78 is 15.9. The zero-order valence-corrected chi connectivity index (χ0v) is 22.7. The number of benzene rings is 3. The van der Waals surface area contributed by atoms with Gasteiger partial charge in [-0.25, -0.2) is 9.07 Å². The Morgan fingerprint density at radius 3 is 2.61 bits per heavy atom. The second-order valence-corrected chi connectivity index (χ2v) is 11.0. The lowest BCUT2D eigenvalue weighted by Crippen LogP contribution is -2.07. The summed E-state index contributed by atoms with van der Waals surface area (Å²) in [6.07, 6.45) is 4.89. The van der Waals surface area contributed by atoms with E-state index in [1.807, 2.05) is 42.6 Å². The fourth-order valence-electron chi connectivity index (χ4n) is 3.46. The third kappa shape index (κ3) is 6.49. The van der Waals surface area contributed by atoms with Crippen molar-refractivity contribution < 1.29 is 9.18 Å². The largest absolute Gasteiger partial charge is 0.297 e. The summed E-state index contributed by atoms with van der Waals surface area (Å²) in [5.74, 6) is -0.106. The van der Waals surface area contributed by atoms with Crippen molar-refractivity contribution in [1.82, 2.24) is 20.0 Å². The molecule has 190 valence electrons. The molecule has 0 aliphatic rings. The Kier molecular flexibility index (Phi) is 8.19. The van der Waals surface area contributed by atoms with Gasteiger partial charge in [0.25, 0.3) is 0 Å². The summed E-state index contributed by atoms with van der Waals surface area (Å²) in [5.41, 5.74) is 3.83. The van der Waals surface area contributed by atoms with E-state index in [0.717, 1.165) is 16.8 Å². The average molecular weight is 583 g/mol. The van der Waals surface area contributed by atoms with Crippen LogP contribution >= 0.6 is 46.3 Å². The number of anilines is 1. The molecule has 0 unspecified atom stereocenters. The molecule has 0 atom stereocenters. The molecule has 0 aliphatic carbocycles. The number of para-hydroxylation sites is 1. The molecule has 2 aromatic heterocycles. The topological polar surface area (TPSA) is 72.7 Å². The van der Waals surface area contributed by atoms with Gasteiger partial charge in [-0.1, -0.05) is 70.6 Å². The van der Waals surface area contributed by atoms with Crippen LogP contribution in [0.4, 0.5) is 9.52 Å². The molecule has 5 aromatic rings. The summed E-state index contributed by atoms with van der Waals surface area (Å²) in [7, 11) is 0. The zero-order valence-electron chi connectivity index (χ0n) is 19.5. The van der Waals surface area contributed by atoms with Crippen LogP contribution < -0.4 is 5.32 Å². The van der Waals surface area contributed by atoms with Crippen molar-refractivity contribution in [3.05, 3.63) is 112 Å². The van der Waals surface area contributed by atoms with E-state index in [1.54, 1.807) is 35.0 Å². The minimum Gasteiger partial charge on any atom is -0.297 e. The Hall–Kier alpha value is -3.50. The number of halogens is 3. The number of thioether (sulfide) groups is 1. The number of nitrogens with one attached hydrogen (secondary N) is 1. The molecule has 2 heterocycles. The monoisotopic (exact) mass is 581 g/mol. The number of carbonyl (C=O) groups excluding carboxylic acids is 1. The normalized spacial score (nSPS) is 11.2. The molecule has 11 heteroatoms. The lowest BCUT2D eigenvalue weighted by Gasteiger charge is -2.02. The SMILES string of the molecule is O=C(/C=C/c1cn(-c2ccccc2)nc1-c1ccc(F)cc1)Nc1nnc(SCc2ccc(Cl)cc2Cl)s1. The van der Waals surface area contributed by atoms with Gasteiger partial charge in [0.05, 0.1) is 11.4 Å². The highest BCUT2D eigenvalue weighted by molar-refractivity contribution is 8.00. The number of rotatable bonds is 8. The lowest BCUT2D eigenvalue weighted by atomic mass is 10.1. The molecular weight excluding hydrogens is 564 g/mol. The number of amides is 1. The highest BCUT2D eigenvalue weighted by Crippen LogP contribution is 2.31. The number of aromatic nitrogens is 4. The van der Waals surface area contributed by atoms with Crippen LogP contribution in [0.15, 0.2) is 89.4 Å². The summed E-state index contributed by atoms with van der Waals surface area (Å²) in [5, 5.41) is 17.1. The van der Waals surface area contributed by atoms with Gasteiger partial charge in [0.1, 0.15) is 5.82 Å². The zero-order chi connectivity index (χ0) is 26.5. The number of hydrogen-bond acceptors (Lipinski definition) is 6. The fraction of sp³-hybridized carbons (Fsp3) is 0.0370. The molecule has 0 saturated carbocycles. The molecule has 0 fully saturated rings. The van der Waals surface area contributed by atoms with Gasteiger partial charge < -0.3 is 0 Å². The van der Waals surface area contributed by atoms with E-state index in [9.17, 15) is 9.18 Å². The summed E-state index contributed by atoms with van der Waals surface area (Å²) in [4.78, 5) is 12.6. The van der Waals surface area contributed by atoms with E-state index in [2.05, 4.69) is 20.6 Å². The van der Waals surface area contributed by atoms with E-state index < -0.39 is 0 Å². The Balaban J connectivity index is 1.29. The molecule has 0 aliphatic heterocycles. The molecule has 0 saturated heterocycles. The van der Waals surface area contributed by atoms with Crippen LogP contribution in [0.1, 0.15) is 11.1 Å². The first kappa shape index (κ1) is 26.1. The molecule has 0 spiro atoms. The van der Waals surface area contributed by atoms with Crippen LogP contribution in [0.5, 0.6) is 0 Å². The lowest BCUT2D eigenvalue weighted by molar-refractivity contribution is -0.111. The third-order valence-electron chi connectivity index (χ3n) is 5.30. The van der Waals surface area contributed by atoms with Gasteiger partial charge in [0, 0.05) is 39.2 Å². The van der Waals surface area contributed by atoms with Gasteiger partial charge in [0.2, 0.25) is 11.0 Å². The standard InChI is InChI=1S/C27H18Cl2FN5OS2/c28-20-10-6-19(23(29)14-20)16-37-27-33-32-26(38-27)31-24(36)13-9-18-15-35(22-4-2-1-3-5-22)34-25(18)17-7-11-21(30)12-8-17/h1-15H,16H2,(H,31,32,36)/b13-9+. The number of nitrogens with zero attached hydrogens (tertiary/aromatic N) is 4. The maximum Gasteiger partial charge on any atom is 0.250 e. The van der Waals surface area contributed by atoms with E-state index in [0.29, 0.717) is 36.5 Å². The predicted octanol–water partition coefficient (Wildman–Crippen LogP) is 7.78. The quantitative estimate of drug-likeness (QED) is 0.115. The summed E-state index contributed by atoms with van der Waals surface area (Å²) in [6.45, 7) is 0. The van der Waals surface area contributed by atoms with Gasteiger partial charge in [-0.05, 0) is 60.2 Å². The molecule has 38 heavy (non-hydrogen) atoms. The number of carbonyl (C=O) groups is 1. The van der Waals surface area contributed by atoms with Crippen molar-refractivity contribution in [3.63, 3.8) is 0 Å². The van der Waals surface area contributed by atoms with Crippen LogP contribution in [-0.4, -0.2) is 25.9 Å². The Bertz CT molecular complexity index is 1600. The van der Waals surface area contributed by atoms with Crippen LogP contribution in [0.25, 0.3) is 23.0 Å². The van der Waals surface area contributed by atoms with Crippen molar-refractivity contribution in [3.8, 4) is 16.9 Å². The second-order valence-electron chi connectivity index (χ2n) is 7.94. The smallest absolute Gasteiger partial charge is 0.250 e. The van der Waals surface area contributed by atoms with Crippen LogP contribution in [-0.2, 0) is 10.5 Å². The molecule has 1 N–H and O–H groups in total. The molecule has 6 nitrogen and oxygen atoms in total. The summed E-state index contributed by atoms with van der Waals surface area (Å²) in [6, 6.07) is 21.0. The first-order valence-electron chi connectivity index (χ1n) is 11.2. The minimum absolute atomic E-state index is 0.335. The van der Waals surface area contributed by atoms with Crippen molar-refractivity contribution in [1.29, 1.82) is 0 Å². The first-order chi connectivity index (χ1) is 18.4. The molecule has 0 bridgehead atoms.